The summed E-state index contributed by atoms with van der Waals surface area (Å²) in [5.74, 6) is 0.848. The fourth-order valence-corrected chi connectivity index (χ4v) is 3.22. The summed E-state index contributed by atoms with van der Waals surface area (Å²) in [6, 6.07) is 3.26. The third-order valence-electron chi connectivity index (χ3n) is 2.76. The first-order chi connectivity index (χ1) is 7.96. The summed E-state index contributed by atoms with van der Waals surface area (Å²) in [5, 5.41) is 8.78. The van der Waals surface area contributed by atoms with Crippen molar-refractivity contribution in [2.75, 3.05) is 18.8 Å². The molecule has 2 heterocycles. The van der Waals surface area contributed by atoms with Gasteiger partial charge in [0.05, 0.1) is 6.54 Å². The number of aromatic carboxylic acids is 1. The van der Waals surface area contributed by atoms with Crippen LogP contribution in [0.3, 0.4) is 0 Å². The summed E-state index contributed by atoms with van der Waals surface area (Å²) >= 11 is 1.98. The molecule has 0 saturated carbocycles. The van der Waals surface area contributed by atoms with Gasteiger partial charge in [-0.25, -0.2) is 4.79 Å². The minimum absolute atomic E-state index is 0.0191. The molecule has 1 saturated heterocycles. The van der Waals surface area contributed by atoms with Gasteiger partial charge in [-0.1, -0.05) is 0 Å². The van der Waals surface area contributed by atoms with Crippen LogP contribution >= 0.6 is 11.8 Å². The second-order valence-electron chi connectivity index (χ2n) is 4.89. The lowest BCUT2D eigenvalue weighted by molar-refractivity contribution is 0.0658. The van der Waals surface area contributed by atoms with Crippen LogP contribution in [-0.4, -0.2) is 39.6 Å². The second-order valence-corrected chi connectivity index (χ2v) is 6.69. The molecule has 4 nitrogen and oxygen atoms in total. The maximum atomic E-state index is 10.7. The number of nitrogens with zero attached hydrogens (tertiary/aromatic N) is 1. The average Bonchev–Trinajstić information content (AvgIpc) is 2.64. The number of thioether (sulfide) groups is 1. The van der Waals surface area contributed by atoms with E-state index in [-0.39, 0.29) is 10.5 Å². The Morgan fingerprint density at radius 3 is 2.94 bits per heavy atom. The van der Waals surface area contributed by atoms with Crippen LogP contribution in [0.5, 0.6) is 0 Å². The molecule has 0 bridgehead atoms. The minimum Gasteiger partial charge on any atom is -0.475 e. The molecule has 0 amide bonds. The highest BCUT2D eigenvalue weighted by molar-refractivity contribution is 8.00. The molecule has 1 aliphatic heterocycles. The van der Waals surface area contributed by atoms with Gasteiger partial charge in [-0.2, -0.15) is 11.8 Å². The average molecular weight is 255 g/mol. The molecule has 0 aliphatic carbocycles. The highest BCUT2D eigenvalue weighted by atomic mass is 32.2. The Morgan fingerprint density at radius 2 is 2.35 bits per heavy atom. The van der Waals surface area contributed by atoms with Crippen LogP contribution in [0.15, 0.2) is 16.5 Å². The molecule has 1 fully saturated rings. The largest absolute Gasteiger partial charge is 0.475 e. The van der Waals surface area contributed by atoms with Gasteiger partial charge in [0.15, 0.2) is 0 Å². The number of rotatable bonds is 3. The van der Waals surface area contributed by atoms with E-state index in [2.05, 4.69) is 18.7 Å². The van der Waals surface area contributed by atoms with Crippen LogP contribution in [0.4, 0.5) is 0 Å². The lowest BCUT2D eigenvalue weighted by Gasteiger charge is -2.37. The number of carboxylic acid groups (broad SMARTS) is 1. The zero-order valence-electron chi connectivity index (χ0n) is 10.1. The van der Waals surface area contributed by atoms with Gasteiger partial charge < -0.3 is 9.52 Å². The first kappa shape index (κ1) is 12.5. The molecule has 94 valence electrons. The Morgan fingerprint density at radius 1 is 1.59 bits per heavy atom. The highest BCUT2D eigenvalue weighted by Gasteiger charge is 2.27. The fraction of sp³-hybridized carbons (Fsp3) is 0.583. The third-order valence-corrected chi connectivity index (χ3v) is 4.05. The Balaban J connectivity index is 1.98. The molecule has 1 aromatic heterocycles. The van der Waals surface area contributed by atoms with E-state index in [1.54, 1.807) is 6.07 Å². The molecule has 1 aliphatic rings. The molecule has 1 aromatic rings. The molecule has 5 heteroatoms. The van der Waals surface area contributed by atoms with Crippen molar-refractivity contribution in [1.29, 1.82) is 0 Å². The zero-order chi connectivity index (χ0) is 12.5. The van der Waals surface area contributed by atoms with Crippen molar-refractivity contribution < 1.29 is 14.3 Å². The Bertz CT molecular complexity index is 414. The summed E-state index contributed by atoms with van der Waals surface area (Å²) in [6.07, 6.45) is 0. The predicted molar refractivity (Wildman–Crippen MR) is 67.5 cm³/mol. The van der Waals surface area contributed by atoms with Crippen molar-refractivity contribution in [3.63, 3.8) is 0 Å². The van der Waals surface area contributed by atoms with Crippen molar-refractivity contribution in [1.82, 2.24) is 4.90 Å². The second kappa shape index (κ2) is 4.74. The molecule has 0 atom stereocenters. The van der Waals surface area contributed by atoms with Crippen LogP contribution in [0.25, 0.3) is 0 Å². The number of hydrogen-bond acceptors (Lipinski definition) is 4. The molecule has 2 rings (SSSR count). The van der Waals surface area contributed by atoms with Crippen molar-refractivity contribution in [2.24, 2.45) is 0 Å². The summed E-state index contributed by atoms with van der Waals surface area (Å²) < 4.78 is 5.53. The quantitative estimate of drug-likeness (QED) is 0.898. The van der Waals surface area contributed by atoms with Gasteiger partial charge >= 0.3 is 5.97 Å². The van der Waals surface area contributed by atoms with E-state index >= 15 is 0 Å². The maximum absolute atomic E-state index is 10.7. The first-order valence-corrected chi connectivity index (χ1v) is 6.63. The van der Waals surface area contributed by atoms with Gasteiger partial charge in [-0.3, -0.25) is 4.90 Å². The monoisotopic (exact) mass is 255 g/mol. The third kappa shape index (κ3) is 3.26. The van der Waals surface area contributed by atoms with Crippen LogP contribution in [-0.2, 0) is 6.54 Å². The van der Waals surface area contributed by atoms with Crippen molar-refractivity contribution in [2.45, 2.75) is 25.1 Å². The summed E-state index contributed by atoms with van der Waals surface area (Å²) in [6.45, 7) is 7.18. The SMILES string of the molecule is CC1(C)CN(Cc2ccc(C(=O)O)o2)CCS1. The van der Waals surface area contributed by atoms with E-state index < -0.39 is 5.97 Å². The van der Waals surface area contributed by atoms with E-state index in [4.69, 9.17) is 9.52 Å². The molecule has 1 N–H and O–H groups in total. The van der Waals surface area contributed by atoms with E-state index in [9.17, 15) is 4.79 Å². The van der Waals surface area contributed by atoms with Crippen LogP contribution < -0.4 is 0 Å². The molecular weight excluding hydrogens is 238 g/mol. The van der Waals surface area contributed by atoms with Crippen LogP contribution in [0.1, 0.15) is 30.2 Å². The highest BCUT2D eigenvalue weighted by Crippen LogP contribution is 2.30. The number of carboxylic acids is 1. The first-order valence-electron chi connectivity index (χ1n) is 5.65. The van der Waals surface area contributed by atoms with E-state index in [1.165, 1.54) is 6.07 Å². The molecular formula is C12H17NO3S. The van der Waals surface area contributed by atoms with Gasteiger partial charge in [0.1, 0.15) is 5.76 Å². The van der Waals surface area contributed by atoms with Gasteiger partial charge in [0.2, 0.25) is 5.76 Å². The summed E-state index contributed by atoms with van der Waals surface area (Å²) in [5.41, 5.74) is 0. The Hall–Kier alpha value is -0.940. The normalized spacial score (nSPS) is 20.4. The van der Waals surface area contributed by atoms with Gasteiger partial charge in [-0.15, -0.1) is 0 Å². The Labute approximate surface area is 105 Å². The smallest absolute Gasteiger partial charge is 0.371 e. The number of carbonyl (C=O) groups is 1. The van der Waals surface area contributed by atoms with Crippen LogP contribution in [0.2, 0.25) is 0 Å². The van der Waals surface area contributed by atoms with Gasteiger partial charge in [0, 0.05) is 23.6 Å². The lowest BCUT2D eigenvalue weighted by atomic mass is 10.2. The topological polar surface area (TPSA) is 53.7 Å². The standard InChI is InChI=1S/C12H17NO3S/c1-12(2)8-13(5-6-17-12)7-9-3-4-10(16-9)11(14)15/h3-4H,5-8H2,1-2H3,(H,14,15). The van der Waals surface area contributed by atoms with Gasteiger partial charge in [0.25, 0.3) is 0 Å². The maximum Gasteiger partial charge on any atom is 0.371 e. The predicted octanol–water partition coefficient (Wildman–Crippen LogP) is 2.31. The van der Waals surface area contributed by atoms with Crippen molar-refractivity contribution in [3.05, 3.63) is 23.7 Å². The van der Waals surface area contributed by atoms with Gasteiger partial charge in [-0.05, 0) is 26.0 Å². The summed E-state index contributed by atoms with van der Waals surface area (Å²) in [7, 11) is 0. The zero-order valence-corrected chi connectivity index (χ0v) is 10.9. The van der Waals surface area contributed by atoms with Crippen molar-refractivity contribution >= 4 is 17.7 Å². The fourth-order valence-electron chi connectivity index (χ4n) is 2.05. The Kier molecular flexibility index (Phi) is 3.49. The molecule has 0 unspecified atom stereocenters. The summed E-state index contributed by atoms with van der Waals surface area (Å²) in [4.78, 5) is 13.0. The molecule has 0 aromatic carbocycles. The number of furan rings is 1. The van der Waals surface area contributed by atoms with E-state index in [0.29, 0.717) is 6.54 Å². The lowest BCUT2D eigenvalue weighted by Crippen LogP contribution is -2.42. The molecule has 0 radical (unpaired) electrons. The van der Waals surface area contributed by atoms with E-state index in [1.807, 2.05) is 11.8 Å². The molecule has 17 heavy (non-hydrogen) atoms. The number of hydrogen-bond donors (Lipinski definition) is 1. The molecule has 0 spiro atoms. The van der Waals surface area contributed by atoms with Crippen molar-refractivity contribution in [3.8, 4) is 0 Å². The van der Waals surface area contributed by atoms with Crippen LogP contribution in [0, 0.1) is 0 Å². The van der Waals surface area contributed by atoms with E-state index in [0.717, 1.165) is 24.6 Å². The minimum atomic E-state index is -1.01.